The average Bonchev–Trinajstić information content (AvgIpc) is 2.48. The molecule has 0 aromatic carbocycles. The predicted molar refractivity (Wildman–Crippen MR) is 74.4 cm³/mol. The smallest absolute Gasteiger partial charge is 0.115 e. The van der Waals surface area contributed by atoms with Crippen LogP contribution in [0.2, 0.25) is 0 Å². The first-order valence-electron chi connectivity index (χ1n) is 6.37. The fourth-order valence-electron chi connectivity index (χ4n) is 2.02. The van der Waals surface area contributed by atoms with Crippen LogP contribution in [0.15, 0.2) is 43.0 Å². The minimum Gasteiger partial charge on any atom is -0.329 e. The van der Waals surface area contributed by atoms with Crippen molar-refractivity contribution in [3.63, 3.8) is 0 Å². The molecule has 5 nitrogen and oxygen atoms in total. The molecule has 2 N–H and O–H groups in total. The zero-order valence-electron chi connectivity index (χ0n) is 11.1. The first-order valence-corrected chi connectivity index (χ1v) is 6.37. The van der Waals surface area contributed by atoms with Gasteiger partial charge in [-0.15, -0.1) is 0 Å². The lowest BCUT2D eigenvalue weighted by Gasteiger charge is -2.26. The lowest BCUT2D eigenvalue weighted by atomic mass is 10.1. The highest BCUT2D eigenvalue weighted by Crippen LogP contribution is 2.15. The van der Waals surface area contributed by atoms with Crippen molar-refractivity contribution in [2.75, 3.05) is 20.1 Å². The van der Waals surface area contributed by atoms with Crippen LogP contribution >= 0.6 is 0 Å². The quantitative estimate of drug-likeness (QED) is 0.837. The van der Waals surface area contributed by atoms with Gasteiger partial charge in [-0.1, -0.05) is 6.07 Å². The van der Waals surface area contributed by atoms with Crippen LogP contribution in [0.25, 0.3) is 0 Å². The molecule has 0 aliphatic rings. The number of hydrogen-bond acceptors (Lipinski definition) is 5. The van der Waals surface area contributed by atoms with E-state index in [2.05, 4.69) is 26.9 Å². The van der Waals surface area contributed by atoms with Gasteiger partial charge in [-0.25, -0.2) is 9.97 Å². The van der Waals surface area contributed by atoms with Crippen molar-refractivity contribution in [3.05, 3.63) is 54.4 Å². The number of likely N-dealkylation sites (N-methyl/N-ethyl adjacent to an activating group) is 1. The zero-order chi connectivity index (χ0) is 13.5. The van der Waals surface area contributed by atoms with E-state index >= 15 is 0 Å². The van der Waals surface area contributed by atoms with Crippen molar-refractivity contribution in [2.24, 2.45) is 5.73 Å². The Morgan fingerprint density at radius 1 is 1.21 bits per heavy atom. The SMILES string of the molecule is CN(CCc1ccccn1)C(CN)c1ccncn1. The van der Waals surface area contributed by atoms with Crippen molar-refractivity contribution in [3.8, 4) is 0 Å². The fraction of sp³-hybridized carbons (Fsp3) is 0.357. The fourth-order valence-corrected chi connectivity index (χ4v) is 2.02. The third-order valence-corrected chi connectivity index (χ3v) is 3.15. The Balaban J connectivity index is 1.96. The van der Waals surface area contributed by atoms with Gasteiger partial charge in [-0.2, -0.15) is 0 Å². The van der Waals surface area contributed by atoms with Crippen LogP contribution < -0.4 is 5.73 Å². The summed E-state index contributed by atoms with van der Waals surface area (Å²) in [5.41, 5.74) is 7.91. The molecular formula is C14H19N5. The van der Waals surface area contributed by atoms with Crippen molar-refractivity contribution in [1.29, 1.82) is 0 Å². The molecule has 2 rings (SSSR count). The van der Waals surface area contributed by atoms with Gasteiger partial charge in [0.25, 0.3) is 0 Å². The summed E-state index contributed by atoms with van der Waals surface area (Å²) in [6, 6.07) is 8.00. The molecule has 1 atom stereocenters. The van der Waals surface area contributed by atoms with Gasteiger partial charge >= 0.3 is 0 Å². The maximum atomic E-state index is 5.86. The Kier molecular flexibility index (Phi) is 4.94. The van der Waals surface area contributed by atoms with Gasteiger partial charge in [0.2, 0.25) is 0 Å². The monoisotopic (exact) mass is 257 g/mol. The van der Waals surface area contributed by atoms with Crippen LogP contribution in [0.1, 0.15) is 17.4 Å². The molecule has 2 aromatic rings. The van der Waals surface area contributed by atoms with Gasteiger partial charge in [-0.05, 0) is 25.2 Å². The normalized spacial score (nSPS) is 12.6. The molecule has 0 spiro atoms. The molecule has 1 unspecified atom stereocenters. The van der Waals surface area contributed by atoms with E-state index in [0.717, 1.165) is 24.4 Å². The molecule has 0 bridgehead atoms. The Bertz CT molecular complexity index is 474. The first kappa shape index (κ1) is 13.6. The molecule has 0 amide bonds. The minimum absolute atomic E-state index is 0.117. The minimum atomic E-state index is 0.117. The van der Waals surface area contributed by atoms with Crippen LogP contribution in [0.5, 0.6) is 0 Å². The van der Waals surface area contributed by atoms with E-state index < -0.39 is 0 Å². The summed E-state index contributed by atoms with van der Waals surface area (Å²) >= 11 is 0. The van der Waals surface area contributed by atoms with Crippen molar-refractivity contribution < 1.29 is 0 Å². The van der Waals surface area contributed by atoms with E-state index in [1.807, 2.05) is 30.5 Å². The number of nitrogens with two attached hydrogens (primary N) is 1. The maximum absolute atomic E-state index is 5.86. The van der Waals surface area contributed by atoms with Crippen molar-refractivity contribution in [1.82, 2.24) is 19.9 Å². The third-order valence-electron chi connectivity index (χ3n) is 3.15. The highest BCUT2D eigenvalue weighted by atomic mass is 15.1. The van der Waals surface area contributed by atoms with Gasteiger partial charge in [0.1, 0.15) is 6.33 Å². The summed E-state index contributed by atoms with van der Waals surface area (Å²) in [6.07, 6.45) is 6.03. The van der Waals surface area contributed by atoms with Crippen LogP contribution in [-0.2, 0) is 6.42 Å². The lowest BCUT2D eigenvalue weighted by molar-refractivity contribution is 0.248. The molecule has 2 heterocycles. The summed E-state index contributed by atoms with van der Waals surface area (Å²) in [7, 11) is 2.06. The summed E-state index contributed by atoms with van der Waals surface area (Å²) in [6.45, 7) is 1.43. The summed E-state index contributed by atoms with van der Waals surface area (Å²) < 4.78 is 0. The van der Waals surface area contributed by atoms with Crippen molar-refractivity contribution in [2.45, 2.75) is 12.5 Å². The highest BCUT2D eigenvalue weighted by Gasteiger charge is 2.16. The van der Waals surface area contributed by atoms with E-state index in [1.54, 1.807) is 12.5 Å². The molecule has 0 aliphatic heterocycles. The van der Waals surface area contributed by atoms with Gasteiger partial charge in [0.15, 0.2) is 0 Å². The molecule has 0 fully saturated rings. The van der Waals surface area contributed by atoms with E-state index in [1.165, 1.54) is 0 Å². The Morgan fingerprint density at radius 3 is 2.74 bits per heavy atom. The molecule has 0 saturated carbocycles. The maximum Gasteiger partial charge on any atom is 0.115 e. The summed E-state index contributed by atoms with van der Waals surface area (Å²) in [5.74, 6) is 0. The molecule has 5 heteroatoms. The number of aromatic nitrogens is 3. The zero-order valence-corrected chi connectivity index (χ0v) is 11.1. The van der Waals surface area contributed by atoms with E-state index in [9.17, 15) is 0 Å². The largest absolute Gasteiger partial charge is 0.329 e. The number of hydrogen-bond donors (Lipinski definition) is 1. The molecular weight excluding hydrogens is 238 g/mol. The van der Waals surface area contributed by atoms with Crippen LogP contribution in [-0.4, -0.2) is 40.0 Å². The second-order valence-electron chi connectivity index (χ2n) is 4.44. The Morgan fingerprint density at radius 2 is 2.11 bits per heavy atom. The number of pyridine rings is 1. The summed E-state index contributed by atoms with van der Waals surface area (Å²) in [5, 5.41) is 0. The molecule has 19 heavy (non-hydrogen) atoms. The second-order valence-corrected chi connectivity index (χ2v) is 4.44. The van der Waals surface area contributed by atoms with Gasteiger partial charge < -0.3 is 5.73 Å². The molecule has 2 aromatic heterocycles. The Hall–Kier alpha value is -1.85. The van der Waals surface area contributed by atoms with E-state index in [0.29, 0.717) is 6.54 Å². The Labute approximate surface area is 113 Å². The van der Waals surface area contributed by atoms with E-state index in [4.69, 9.17) is 5.73 Å². The predicted octanol–water partition coefficient (Wildman–Crippen LogP) is 1.05. The molecule has 0 saturated heterocycles. The van der Waals surface area contributed by atoms with E-state index in [-0.39, 0.29) is 6.04 Å². The average molecular weight is 257 g/mol. The summed E-state index contributed by atoms with van der Waals surface area (Å²) in [4.78, 5) is 14.7. The van der Waals surface area contributed by atoms with Crippen molar-refractivity contribution >= 4 is 0 Å². The first-order chi connectivity index (χ1) is 9.31. The van der Waals surface area contributed by atoms with Gasteiger partial charge in [0.05, 0.1) is 11.7 Å². The third kappa shape index (κ3) is 3.81. The van der Waals surface area contributed by atoms with Crippen LogP contribution in [0.3, 0.4) is 0 Å². The number of rotatable bonds is 6. The molecule has 100 valence electrons. The lowest BCUT2D eigenvalue weighted by Crippen LogP contribution is -2.32. The van der Waals surface area contributed by atoms with Crippen LogP contribution in [0, 0.1) is 0 Å². The standard InChI is InChI=1S/C14H19N5/c1-19(9-6-12-4-2-3-7-17-12)14(10-15)13-5-8-16-11-18-13/h2-5,7-8,11,14H,6,9-10,15H2,1H3. The highest BCUT2D eigenvalue weighted by molar-refractivity contribution is 5.07. The topological polar surface area (TPSA) is 67.9 Å². The molecule has 0 aliphatic carbocycles. The van der Waals surface area contributed by atoms with Gasteiger partial charge in [-0.3, -0.25) is 9.88 Å². The van der Waals surface area contributed by atoms with Gasteiger partial charge in [0, 0.05) is 37.6 Å². The van der Waals surface area contributed by atoms with Crippen LogP contribution in [0.4, 0.5) is 0 Å². The second kappa shape index (κ2) is 6.92. The molecule has 0 radical (unpaired) electrons. The number of nitrogens with zero attached hydrogens (tertiary/aromatic N) is 4.